The van der Waals surface area contributed by atoms with Gasteiger partial charge in [-0.1, -0.05) is 0 Å². The fraction of sp³-hybridized carbons (Fsp3) is 0.500. The van der Waals surface area contributed by atoms with Crippen LogP contribution in [0.2, 0.25) is 0 Å². The SMILES string of the molecule is CCNC(=NCc1c(C)nn(C)c1C)NCCCOc1ccc(OC)cc1. The van der Waals surface area contributed by atoms with E-state index in [9.17, 15) is 0 Å². The highest BCUT2D eigenvalue weighted by Gasteiger charge is 2.08. The van der Waals surface area contributed by atoms with E-state index < -0.39 is 0 Å². The lowest BCUT2D eigenvalue weighted by Gasteiger charge is -2.12. The molecule has 0 aliphatic carbocycles. The van der Waals surface area contributed by atoms with Gasteiger partial charge in [0.05, 0.1) is 26.0 Å². The van der Waals surface area contributed by atoms with E-state index in [1.807, 2.05) is 42.9 Å². The van der Waals surface area contributed by atoms with Gasteiger partial charge in [-0.25, -0.2) is 4.99 Å². The van der Waals surface area contributed by atoms with Crippen LogP contribution in [0.5, 0.6) is 11.5 Å². The summed E-state index contributed by atoms with van der Waals surface area (Å²) in [5.41, 5.74) is 3.36. The first-order chi connectivity index (χ1) is 13.0. The molecule has 27 heavy (non-hydrogen) atoms. The summed E-state index contributed by atoms with van der Waals surface area (Å²) >= 11 is 0. The lowest BCUT2D eigenvalue weighted by Crippen LogP contribution is -2.38. The van der Waals surface area contributed by atoms with Crippen molar-refractivity contribution in [1.29, 1.82) is 0 Å². The number of aliphatic imine (C=N–C) groups is 1. The minimum absolute atomic E-state index is 0.614. The van der Waals surface area contributed by atoms with Crippen molar-refractivity contribution in [3.05, 3.63) is 41.2 Å². The van der Waals surface area contributed by atoms with Crippen LogP contribution in [0.25, 0.3) is 0 Å². The molecular weight excluding hydrogens is 342 g/mol. The number of methoxy groups -OCH3 is 1. The van der Waals surface area contributed by atoms with Gasteiger partial charge >= 0.3 is 0 Å². The molecule has 2 aromatic rings. The lowest BCUT2D eigenvalue weighted by atomic mass is 10.2. The van der Waals surface area contributed by atoms with Crippen LogP contribution < -0.4 is 20.1 Å². The van der Waals surface area contributed by atoms with E-state index in [2.05, 4.69) is 34.6 Å². The van der Waals surface area contributed by atoms with Gasteiger partial charge < -0.3 is 20.1 Å². The Hall–Kier alpha value is -2.70. The van der Waals surface area contributed by atoms with Gasteiger partial charge in [0.1, 0.15) is 11.5 Å². The Morgan fingerprint density at radius 3 is 2.44 bits per heavy atom. The largest absolute Gasteiger partial charge is 0.497 e. The molecule has 0 fully saturated rings. The van der Waals surface area contributed by atoms with Gasteiger partial charge in [-0.05, 0) is 51.5 Å². The van der Waals surface area contributed by atoms with Crippen molar-refractivity contribution in [2.75, 3.05) is 26.8 Å². The molecule has 0 bridgehead atoms. The molecule has 1 aromatic heterocycles. The molecular formula is C20H31N5O2. The average molecular weight is 374 g/mol. The first kappa shape index (κ1) is 20.6. The topological polar surface area (TPSA) is 72.7 Å². The summed E-state index contributed by atoms with van der Waals surface area (Å²) in [5, 5.41) is 11.1. The molecule has 0 spiro atoms. The van der Waals surface area contributed by atoms with Crippen LogP contribution in [0.1, 0.15) is 30.3 Å². The van der Waals surface area contributed by atoms with Crippen LogP contribution in [0, 0.1) is 13.8 Å². The van der Waals surface area contributed by atoms with E-state index in [0.717, 1.165) is 48.4 Å². The normalized spacial score (nSPS) is 11.4. The molecule has 0 atom stereocenters. The first-order valence-corrected chi connectivity index (χ1v) is 9.33. The summed E-state index contributed by atoms with van der Waals surface area (Å²) in [5.74, 6) is 2.48. The molecule has 7 heteroatoms. The highest BCUT2D eigenvalue weighted by molar-refractivity contribution is 5.79. The molecule has 2 N–H and O–H groups in total. The van der Waals surface area contributed by atoms with Gasteiger partial charge in [-0.2, -0.15) is 5.10 Å². The second kappa shape index (κ2) is 10.4. The number of aryl methyl sites for hydroxylation is 2. The number of hydrogen-bond acceptors (Lipinski definition) is 4. The standard InChI is InChI=1S/C20H31N5O2/c1-6-21-20(23-14-19-15(2)24-25(4)16(19)3)22-12-7-13-27-18-10-8-17(26-5)9-11-18/h8-11H,6-7,12-14H2,1-5H3,(H2,21,22,23). The van der Waals surface area contributed by atoms with Gasteiger partial charge in [0.15, 0.2) is 5.96 Å². The Kier molecular flexibility index (Phi) is 7.98. The summed E-state index contributed by atoms with van der Waals surface area (Å²) in [6.07, 6.45) is 0.876. The van der Waals surface area contributed by atoms with Crippen LogP contribution in [-0.2, 0) is 13.6 Å². The van der Waals surface area contributed by atoms with Crippen molar-refractivity contribution in [1.82, 2.24) is 20.4 Å². The lowest BCUT2D eigenvalue weighted by molar-refractivity contribution is 0.310. The molecule has 7 nitrogen and oxygen atoms in total. The minimum Gasteiger partial charge on any atom is -0.497 e. The van der Waals surface area contributed by atoms with Gasteiger partial charge in [0, 0.05) is 31.4 Å². The fourth-order valence-electron chi connectivity index (χ4n) is 2.69. The van der Waals surface area contributed by atoms with E-state index in [4.69, 9.17) is 9.47 Å². The minimum atomic E-state index is 0.614. The monoisotopic (exact) mass is 373 g/mol. The van der Waals surface area contributed by atoms with Crippen LogP contribution in [-0.4, -0.2) is 42.5 Å². The van der Waals surface area contributed by atoms with Crippen LogP contribution in [0.4, 0.5) is 0 Å². The zero-order valence-electron chi connectivity index (χ0n) is 17.0. The van der Waals surface area contributed by atoms with Crippen molar-refractivity contribution < 1.29 is 9.47 Å². The molecule has 0 aliphatic heterocycles. The third-order valence-corrected chi connectivity index (χ3v) is 4.34. The number of benzene rings is 1. The van der Waals surface area contributed by atoms with Crippen molar-refractivity contribution in [3.63, 3.8) is 0 Å². The Balaban J connectivity index is 1.78. The van der Waals surface area contributed by atoms with Gasteiger partial charge in [0.25, 0.3) is 0 Å². The number of nitrogens with zero attached hydrogens (tertiary/aromatic N) is 3. The van der Waals surface area contributed by atoms with Crippen molar-refractivity contribution in [2.24, 2.45) is 12.0 Å². The van der Waals surface area contributed by atoms with Gasteiger partial charge in [-0.3, -0.25) is 4.68 Å². The second-order valence-electron chi connectivity index (χ2n) is 6.27. The Labute approximate surface area is 161 Å². The van der Waals surface area contributed by atoms with E-state index in [0.29, 0.717) is 13.2 Å². The maximum absolute atomic E-state index is 5.74. The molecule has 0 saturated carbocycles. The quantitative estimate of drug-likeness (QED) is 0.402. The number of rotatable bonds is 9. The molecule has 0 saturated heterocycles. The molecule has 0 unspecified atom stereocenters. The Bertz CT molecular complexity index is 738. The molecule has 0 radical (unpaired) electrons. The van der Waals surface area contributed by atoms with Crippen molar-refractivity contribution in [2.45, 2.75) is 33.7 Å². The molecule has 0 aliphatic rings. The molecule has 148 valence electrons. The first-order valence-electron chi connectivity index (χ1n) is 9.33. The number of hydrogen-bond donors (Lipinski definition) is 2. The number of nitrogens with one attached hydrogen (secondary N) is 2. The third-order valence-electron chi connectivity index (χ3n) is 4.34. The number of guanidine groups is 1. The molecule has 2 rings (SSSR count). The molecule has 0 amide bonds. The Morgan fingerprint density at radius 2 is 1.85 bits per heavy atom. The fourth-order valence-corrected chi connectivity index (χ4v) is 2.69. The van der Waals surface area contributed by atoms with Crippen molar-refractivity contribution >= 4 is 5.96 Å². The predicted octanol–water partition coefficient (Wildman–Crippen LogP) is 2.57. The van der Waals surface area contributed by atoms with E-state index >= 15 is 0 Å². The van der Waals surface area contributed by atoms with Crippen molar-refractivity contribution in [3.8, 4) is 11.5 Å². The highest BCUT2D eigenvalue weighted by Crippen LogP contribution is 2.17. The summed E-state index contributed by atoms with van der Waals surface area (Å²) in [4.78, 5) is 4.68. The van der Waals surface area contributed by atoms with Crippen LogP contribution in [0.15, 0.2) is 29.3 Å². The van der Waals surface area contributed by atoms with Crippen LogP contribution >= 0.6 is 0 Å². The van der Waals surface area contributed by atoms with Gasteiger partial charge in [-0.15, -0.1) is 0 Å². The van der Waals surface area contributed by atoms with Gasteiger partial charge in [0.2, 0.25) is 0 Å². The predicted molar refractivity (Wildman–Crippen MR) is 109 cm³/mol. The van der Waals surface area contributed by atoms with E-state index in [1.165, 1.54) is 5.56 Å². The number of aromatic nitrogens is 2. The highest BCUT2D eigenvalue weighted by atomic mass is 16.5. The number of ether oxygens (including phenoxy) is 2. The van der Waals surface area contributed by atoms with Crippen LogP contribution in [0.3, 0.4) is 0 Å². The van der Waals surface area contributed by atoms with E-state index in [-0.39, 0.29) is 0 Å². The summed E-state index contributed by atoms with van der Waals surface area (Å²) in [6.45, 7) is 9.01. The van der Waals surface area contributed by atoms with E-state index in [1.54, 1.807) is 7.11 Å². The maximum atomic E-state index is 5.74. The zero-order valence-corrected chi connectivity index (χ0v) is 17.0. The average Bonchev–Trinajstić information content (AvgIpc) is 2.91. The smallest absolute Gasteiger partial charge is 0.191 e. The molecule has 1 heterocycles. The summed E-state index contributed by atoms with van der Waals surface area (Å²) in [6, 6.07) is 7.62. The maximum Gasteiger partial charge on any atom is 0.191 e. The third kappa shape index (κ3) is 6.20. The summed E-state index contributed by atoms with van der Waals surface area (Å²) in [7, 11) is 3.61. The Morgan fingerprint density at radius 1 is 1.15 bits per heavy atom. The second-order valence-corrected chi connectivity index (χ2v) is 6.27. The summed E-state index contributed by atoms with van der Waals surface area (Å²) < 4.78 is 12.8. The molecule has 1 aromatic carbocycles. The zero-order chi connectivity index (χ0) is 19.6.